The van der Waals surface area contributed by atoms with E-state index < -0.39 is 23.4 Å². The summed E-state index contributed by atoms with van der Waals surface area (Å²) in [5.74, 6) is -0.637. The first-order valence-electron chi connectivity index (χ1n) is 5.59. The second-order valence-electron chi connectivity index (χ2n) is 3.52. The van der Waals surface area contributed by atoms with Gasteiger partial charge in [-0.2, -0.15) is 0 Å². The summed E-state index contributed by atoms with van der Waals surface area (Å²) in [4.78, 5) is 0.143. The van der Waals surface area contributed by atoms with Gasteiger partial charge < -0.3 is 4.52 Å². The van der Waals surface area contributed by atoms with Gasteiger partial charge in [0, 0.05) is 6.16 Å². The Morgan fingerprint density at radius 2 is 1.72 bits per heavy atom. The van der Waals surface area contributed by atoms with Crippen LogP contribution in [0.5, 0.6) is 0 Å². The topological polar surface area (TPSA) is 69.7 Å². The summed E-state index contributed by atoms with van der Waals surface area (Å²) in [5.41, 5.74) is 0. The molecule has 0 spiro atoms. The van der Waals surface area contributed by atoms with Crippen LogP contribution in [0.1, 0.15) is 13.8 Å². The molecule has 0 aromatic heterocycles. The quantitative estimate of drug-likeness (QED) is 0.723. The maximum Gasteiger partial charge on any atom is 0.331 e. The van der Waals surface area contributed by atoms with Gasteiger partial charge in [-0.1, -0.05) is 25.1 Å². The molecule has 0 bridgehead atoms. The van der Waals surface area contributed by atoms with Gasteiger partial charge in [0.1, 0.15) is 0 Å². The zero-order valence-electron chi connectivity index (χ0n) is 10.4. The molecule has 0 heterocycles. The fourth-order valence-electron chi connectivity index (χ4n) is 1.26. The van der Waals surface area contributed by atoms with Crippen LogP contribution >= 0.6 is 7.60 Å². The Labute approximate surface area is 108 Å². The van der Waals surface area contributed by atoms with Crippen molar-refractivity contribution in [1.29, 1.82) is 0 Å². The lowest BCUT2D eigenvalue weighted by Crippen LogP contribution is -2.10. The van der Waals surface area contributed by atoms with Gasteiger partial charge in [-0.3, -0.25) is 9.09 Å². The van der Waals surface area contributed by atoms with Gasteiger partial charge in [0.25, 0.3) is 0 Å². The molecule has 0 radical (unpaired) electrons. The predicted octanol–water partition coefficient (Wildman–Crippen LogP) is 2.68. The minimum atomic E-state index is -3.60. The smallest absolute Gasteiger partial charge is 0.309 e. The molecular weight excluding hydrogens is 275 g/mol. The summed E-state index contributed by atoms with van der Waals surface area (Å²) in [7, 11) is -6.89. The Morgan fingerprint density at radius 1 is 1.11 bits per heavy atom. The summed E-state index contributed by atoms with van der Waals surface area (Å²) >= 11 is 0. The summed E-state index contributed by atoms with van der Waals surface area (Å²) in [6.07, 6.45) is 0.144. The molecule has 7 heteroatoms. The second kappa shape index (κ2) is 6.48. The van der Waals surface area contributed by atoms with Crippen LogP contribution < -0.4 is 0 Å². The highest BCUT2D eigenvalue weighted by Crippen LogP contribution is 2.47. The largest absolute Gasteiger partial charge is 0.331 e. The maximum atomic E-state index is 12.0. The van der Waals surface area contributed by atoms with Crippen molar-refractivity contribution >= 4 is 17.4 Å². The van der Waals surface area contributed by atoms with E-state index in [1.807, 2.05) is 0 Å². The lowest BCUT2D eigenvalue weighted by Gasteiger charge is -2.15. The minimum absolute atomic E-state index is 0.143. The van der Waals surface area contributed by atoms with Crippen LogP contribution in [-0.2, 0) is 23.4 Å². The lowest BCUT2D eigenvalue weighted by molar-refractivity contribution is 0.235. The molecule has 1 rings (SSSR count). The van der Waals surface area contributed by atoms with Crippen molar-refractivity contribution in [2.24, 2.45) is 0 Å². The number of benzene rings is 1. The van der Waals surface area contributed by atoms with Crippen LogP contribution in [0.4, 0.5) is 0 Å². The van der Waals surface area contributed by atoms with Gasteiger partial charge in [0.15, 0.2) is 5.94 Å². The monoisotopic (exact) mass is 292 g/mol. The van der Waals surface area contributed by atoms with E-state index in [0.717, 1.165) is 0 Å². The Kier molecular flexibility index (Phi) is 5.53. The zero-order valence-corrected chi connectivity index (χ0v) is 12.1. The maximum absolute atomic E-state index is 12.0. The highest BCUT2D eigenvalue weighted by Gasteiger charge is 2.25. The van der Waals surface area contributed by atoms with Gasteiger partial charge in [-0.25, -0.2) is 8.42 Å². The second-order valence-corrected chi connectivity index (χ2v) is 7.83. The molecule has 0 fully saturated rings. The Bertz CT molecular complexity index is 511. The SMILES string of the molecule is CCOP(=O)(CC)OCS(=O)(=O)c1ccccc1. The van der Waals surface area contributed by atoms with E-state index in [-0.39, 0.29) is 17.7 Å². The molecule has 0 saturated heterocycles. The molecule has 0 amide bonds. The van der Waals surface area contributed by atoms with Crippen molar-refractivity contribution in [1.82, 2.24) is 0 Å². The molecule has 0 aliphatic rings. The first-order valence-corrected chi connectivity index (χ1v) is 8.97. The Morgan fingerprint density at radius 3 is 2.22 bits per heavy atom. The summed E-state index contributed by atoms with van der Waals surface area (Å²) in [5, 5.41) is 0. The average Bonchev–Trinajstić information content (AvgIpc) is 2.38. The van der Waals surface area contributed by atoms with Crippen LogP contribution in [0.3, 0.4) is 0 Å². The number of hydrogen-bond donors (Lipinski definition) is 0. The molecule has 0 saturated carbocycles. The normalized spacial score (nSPS) is 15.2. The van der Waals surface area contributed by atoms with Crippen molar-refractivity contribution in [2.75, 3.05) is 18.7 Å². The third-order valence-electron chi connectivity index (χ3n) is 2.22. The van der Waals surface area contributed by atoms with Crippen LogP contribution in [0.25, 0.3) is 0 Å². The average molecular weight is 292 g/mol. The lowest BCUT2D eigenvalue weighted by atomic mass is 10.4. The Balaban J connectivity index is 2.77. The van der Waals surface area contributed by atoms with E-state index in [9.17, 15) is 13.0 Å². The van der Waals surface area contributed by atoms with E-state index >= 15 is 0 Å². The molecule has 5 nitrogen and oxygen atoms in total. The molecule has 1 atom stereocenters. The summed E-state index contributed by atoms with van der Waals surface area (Å²) < 4.78 is 45.7. The van der Waals surface area contributed by atoms with E-state index in [1.165, 1.54) is 12.1 Å². The number of rotatable bonds is 7. The van der Waals surface area contributed by atoms with Gasteiger partial charge in [-0.15, -0.1) is 0 Å². The van der Waals surface area contributed by atoms with Crippen molar-refractivity contribution in [3.05, 3.63) is 30.3 Å². The van der Waals surface area contributed by atoms with E-state index in [1.54, 1.807) is 32.0 Å². The fourth-order valence-corrected chi connectivity index (χ4v) is 4.00. The number of sulfone groups is 1. The molecule has 1 aromatic carbocycles. The van der Waals surface area contributed by atoms with Crippen LogP contribution in [0.2, 0.25) is 0 Å². The van der Waals surface area contributed by atoms with E-state index in [2.05, 4.69) is 0 Å². The first-order chi connectivity index (χ1) is 8.43. The standard InChI is InChI=1S/C11H17O5PS/c1-3-15-17(12,4-2)16-10-18(13,14)11-8-6-5-7-9-11/h5-9H,3-4,10H2,1-2H3. The van der Waals surface area contributed by atoms with Crippen LogP contribution in [-0.4, -0.2) is 27.1 Å². The van der Waals surface area contributed by atoms with Gasteiger partial charge in [-0.05, 0) is 19.1 Å². The predicted molar refractivity (Wildman–Crippen MR) is 69.4 cm³/mol. The highest BCUT2D eigenvalue weighted by atomic mass is 32.2. The Hall–Kier alpha value is -0.680. The van der Waals surface area contributed by atoms with Crippen molar-refractivity contribution in [2.45, 2.75) is 18.7 Å². The van der Waals surface area contributed by atoms with Gasteiger partial charge in [0.2, 0.25) is 9.84 Å². The third-order valence-corrected chi connectivity index (χ3v) is 5.76. The van der Waals surface area contributed by atoms with E-state index in [0.29, 0.717) is 0 Å². The molecular formula is C11H17O5PS. The van der Waals surface area contributed by atoms with Crippen molar-refractivity contribution in [3.8, 4) is 0 Å². The molecule has 0 aliphatic heterocycles. The number of hydrogen-bond acceptors (Lipinski definition) is 5. The highest BCUT2D eigenvalue weighted by molar-refractivity contribution is 7.91. The molecule has 0 N–H and O–H groups in total. The first kappa shape index (κ1) is 15.4. The van der Waals surface area contributed by atoms with Crippen LogP contribution in [0.15, 0.2) is 35.2 Å². The molecule has 18 heavy (non-hydrogen) atoms. The van der Waals surface area contributed by atoms with Crippen LogP contribution in [0, 0.1) is 0 Å². The summed E-state index contributed by atoms with van der Waals surface area (Å²) in [6.45, 7) is 3.53. The van der Waals surface area contributed by atoms with Crippen molar-refractivity contribution < 1.29 is 22.0 Å². The third kappa shape index (κ3) is 4.21. The van der Waals surface area contributed by atoms with Gasteiger partial charge >= 0.3 is 7.60 Å². The van der Waals surface area contributed by atoms with Crippen molar-refractivity contribution in [3.63, 3.8) is 0 Å². The zero-order chi connectivity index (χ0) is 13.6. The summed E-state index contributed by atoms with van der Waals surface area (Å²) in [6, 6.07) is 7.90. The molecule has 102 valence electrons. The minimum Gasteiger partial charge on any atom is -0.309 e. The van der Waals surface area contributed by atoms with Gasteiger partial charge in [0.05, 0.1) is 11.5 Å². The fraction of sp³-hybridized carbons (Fsp3) is 0.455. The molecule has 0 aliphatic carbocycles. The molecule has 1 aromatic rings. The van der Waals surface area contributed by atoms with E-state index in [4.69, 9.17) is 9.05 Å². The molecule has 1 unspecified atom stereocenters.